The van der Waals surface area contributed by atoms with Crippen LogP contribution in [0.1, 0.15) is 6.42 Å². The van der Waals surface area contributed by atoms with Crippen LogP contribution in [0.2, 0.25) is 0 Å². The number of carbonyl (C=O) groups is 2. The Morgan fingerprint density at radius 3 is 2.40 bits per heavy atom. The predicted octanol–water partition coefficient (Wildman–Crippen LogP) is -1.71. The van der Waals surface area contributed by atoms with Gasteiger partial charge in [0.15, 0.2) is 0 Å². The molecular formula is C4H8N2O4. The standard InChI is InChI=1S/C4H8N2O4/c5-2(1-3(7)8)4(9)6-10/h2,10H,1,5H2,(H,6,9)(H,7,8)/t2-/m0/s1. The van der Waals surface area contributed by atoms with Crippen molar-refractivity contribution in [2.45, 2.75) is 12.5 Å². The van der Waals surface area contributed by atoms with E-state index in [0.29, 0.717) is 0 Å². The molecule has 0 saturated carbocycles. The Morgan fingerprint density at radius 1 is 1.60 bits per heavy atom. The first-order chi connectivity index (χ1) is 4.57. The van der Waals surface area contributed by atoms with Gasteiger partial charge in [0.2, 0.25) is 0 Å². The normalized spacial score (nSPS) is 12.2. The van der Waals surface area contributed by atoms with Gasteiger partial charge in [-0.15, -0.1) is 0 Å². The van der Waals surface area contributed by atoms with Gasteiger partial charge < -0.3 is 10.8 Å². The highest BCUT2D eigenvalue weighted by Gasteiger charge is 2.15. The Hall–Kier alpha value is -1.14. The second-order valence-electron chi connectivity index (χ2n) is 1.68. The van der Waals surface area contributed by atoms with Crippen LogP contribution in [0.4, 0.5) is 0 Å². The van der Waals surface area contributed by atoms with E-state index in [1.165, 1.54) is 5.48 Å². The summed E-state index contributed by atoms with van der Waals surface area (Å²) in [6, 6.07) is -1.19. The molecule has 0 aliphatic rings. The minimum atomic E-state index is -1.19. The fraction of sp³-hybridized carbons (Fsp3) is 0.500. The summed E-state index contributed by atoms with van der Waals surface area (Å²) < 4.78 is 0. The number of nitrogens with two attached hydrogens (primary N) is 1. The van der Waals surface area contributed by atoms with Gasteiger partial charge in [0, 0.05) is 0 Å². The van der Waals surface area contributed by atoms with Gasteiger partial charge in [-0.05, 0) is 0 Å². The number of carboxylic acid groups (broad SMARTS) is 1. The Morgan fingerprint density at radius 2 is 2.10 bits per heavy atom. The molecule has 0 aromatic carbocycles. The van der Waals surface area contributed by atoms with Crippen LogP contribution >= 0.6 is 0 Å². The third kappa shape index (κ3) is 3.00. The molecule has 58 valence electrons. The van der Waals surface area contributed by atoms with E-state index in [0.717, 1.165) is 0 Å². The number of hydrogen-bond donors (Lipinski definition) is 4. The Bertz CT molecular complexity index is 146. The summed E-state index contributed by atoms with van der Waals surface area (Å²) in [6.07, 6.45) is -0.494. The molecule has 0 heterocycles. The summed E-state index contributed by atoms with van der Waals surface area (Å²) in [7, 11) is 0. The van der Waals surface area contributed by atoms with Crippen molar-refractivity contribution in [3.63, 3.8) is 0 Å². The van der Waals surface area contributed by atoms with Crippen molar-refractivity contribution < 1.29 is 19.9 Å². The van der Waals surface area contributed by atoms with Crippen LogP contribution in [-0.2, 0) is 9.59 Å². The fourth-order valence-electron chi connectivity index (χ4n) is 0.364. The van der Waals surface area contributed by atoms with Crippen molar-refractivity contribution >= 4 is 11.9 Å². The lowest BCUT2D eigenvalue weighted by Gasteiger charge is -2.03. The van der Waals surface area contributed by atoms with Crippen molar-refractivity contribution in [1.82, 2.24) is 5.48 Å². The molecule has 0 aromatic rings. The highest BCUT2D eigenvalue weighted by molar-refractivity contribution is 5.84. The smallest absolute Gasteiger partial charge is 0.305 e. The number of rotatable bonds is 3. The number of carbonyl (C=O) groups excluding carboxylic acids is 1. The summed E-state index contributed by atoms with van der Waals surface area (Å²) >= 11 is 0. The molecule has 0 saturated heterocycles. The third-order valence-electron chi connectivity index (χ3n) is 0.841. The van der Waals surface area contributed by atoms with E-state index in [4.69, 9.17) is 16.0 Å². The first kappa shape index (κ1) is 8.86. The molecule has 0 fully saturated rings. The molecule has 5 N–H and O–H groups in total. The Labute approximate surface area is 56.6 Å². The van der Waals surface area contributed by atoms with E-state index in [2.05, 4.69) is 0 Å². The summed E-state index contributed by atoms with van der Waals surface area (Å²) in [5.74, 6) is -2.08. The highest BCUT2D eigenvalue weighted by Crippen LogP contribution is 1.86. The molecule has 0 aliphatic carbocycles. The van der Waals surface area contributed by atoms with Gasteiger partial charge in [0.25, 0.3) is 5.91 Å². The number of carboxylic acids is 1. The van der Waals surface area contributed by atoms with Crippen LogP contribution in [-0.4, -0.2) is 28.2 Å². The van der Waals surface area contributed by atoms with Crippen LogP contribution in [0.3, 0.4) is 0 Å². The third-order valence-corrected chi connectivity index (χ3v) is 0.841. The SMILES string of the molecule is N[C@@H](CC(=O)O)C(=O)NO. The van der Waals surface area contributed by atoms with Crippen molar-refractivity contribution in [1.29, 1.82) is 0 Å². The second kappa shape index (κ2) is 3.80. The Kier molecular flexibility index (Phi) is 3.37. The molecule has 6 heteroatoms. The molecule has 1 atom stereocenters. The van der Waals surface area contributed by atoms with Crippen molar-refractivity contribution in [2.24, 2.45) is 5.73 Å². The molecule has 10 heavy (non-hydrogen) atoms. The molecule has 0 rings (SSSR count). The van der Waals surface area contributed by atoms with E-state index in [9.17, 15) is 9.59 Å². The molecule has 6 nitrogen and oxygen atoms in total. The number of nitrogens with one attached hydrogen (secondary N) is 1. The topological polar surface area (TPSA) is 113 Å². The second-order valence-corrected chi connectivity index (χ2v) is 1.68. The van der Waals surface area contributed by atoms with E-state index >= 15 is 0 Å². The molecule has 0 aromatic heterocycles. The quantitative estimate of drug-likeness (QED) is 0.281. The maximum Gasteiger partial charge on any atom is 0.305 e. The first-order valence-corrected chi connectivity index (χ1v) is 2.49. The van der Waals surface area contributed by atoms with E-state index in [1.807, 2.05) is 0 Å². The zero-order valence-electron chi connectivity index (χ0n) is 5.07. The van der Waals surface area contributed by atoms with Gasteiger partial charge in [-0.1, -0.05) is 0 Å². The van der Waals surface area contributed by atoms with Gasteiger partial charge in [-0.2, -0.15) is 0 Å². The fourth-order valence-corrected chi connectivity index (χ4v) is 0.364. The van der Waals surface area contributed by atoms with Crippen molar-refractivity contribution in [3.8, 4) is 0 Å². The average Bonchev–Trinajstić information content (AvgIpc) is 1.85. The molecule has 0 spiro atoms. The van der Waals surface area contributed by atoms with Gasteiger partial charge >= 0.3 is 5.97 Å². The molecule has 0 radical (unpaired) electrons. The van der Waals surface area contributed by atoms with Crippen LogP contribution in [0.25, 0.3) is 0 Å². The van der Waals surface area contributed by atoms with Gasteiger partial charge in [-0.25, -0.2) is 5.48 Å². The number of aliphatic carboxylic acids is 1. The van der Waals surface area contributed by atoms with Crippen LogP contribution in [0.5, 0.6) is 0 Å². The maximum atomic E-state index is 10.3. The lowest BCUT2D eigenvalue weighted by molar-refractivity contribution is -0.141. The number of hydroxylamine groups is 1. The minimum Gasteiger partial charge on any atom is -0.481 e. The largest absolute Gasteiger partial charge is 0.481 e. The van der Waals surface area contributed by atoms with Crippen LogP contribution in [0.15, 0.2) is 0 Å². The summed E-state index contributed by atoms with van der Waals surface area (Å²) in [5, 5.41) is 16.0. The van der Waals surface area contributed by atoms with Crippen molar-refractivity contribution in [3.05, 3.63) is 0 Å². The molecular weight excluding hydrogens is 140 g/mol. The Balaban J connectivity index is 3.72. The molecule has 0 unspecified atom stereocenters. The van der Waals surface area contributed by atoms with Gasteiger partial charge in [-0.3, -0.25) is 14.8 Å². The van der Waals surface area contributed by atoms with Crippen molar-refractivity contribution in [2.75, 3.05) is 0 Å². The molecule has 0 bridgehead atoms. The monoisotopic (exact) mass is 148 g/mol. The average molecular weight is 148 g/mol. The summed E-state index contributed by atoms with van der Waals surface area (Å²) in [5.41, 5.74) is 6.22. The zero-order chi connectivity index (χ0) is 8.15. The molecule has 0 aliphatic heterocycles. The lowest BCUT2D eigenvalue weighted by atomic mass is 10.2. The highest BCUT2D eigenvalue weighted by atomic mass is 16.5. The van der Waals surface area contributed by atoms with E-state index < -0.39 is 24.3 Å². The lowest BCUT2D eigenvalue weighted by Crippen LogP contribution is -2.40. The summed E-state index contributed by atoms with van der Waals surface area (Å²) in [4.78, 5) is 20.2. The minimum absolute atomic E-state index is 0.494. The van der Waals surface area contributed by atoms with Gasteiger partial charge in [0.1, 0.15) is 0 Å². The molecule has 1 amide bonds. The van der Waals surface area contributed by atoms with Crippen LogP contribution in [0, 0.1) is 0 Å². The van der Waals surface area contributed by atoms with Gasteiger partial charge in [0.05, 0.1) is 12.5 Å². The summed E-state index contributed by atoms with van der Waals surface area (Å²) in [6.45, 7) is 0. The number of hydrogen-bond acceptors (Lipinski definition) is 4. The number of amides is 1. The van der Waals surface area contributed by atoms with E-state index in [1.54, 1.807) is 0 Å². The van der Waals surface area contributed by atoms with E-state index in [-0.39, 0.29) is 0 Å². The predicted molar refractivity (Wildman–Crippen MR) is 30.2 cm³/mol. The first-order valence-electron chi connectivity index (χ1n) is 2.49. The zero-order valence-corrected chi connectivity index (χ0v) is 5.07. The maximum absolute atomic E-state index is 10.3. The van der Waals surface area contributed by atoms with Crippen LogP contribution < -0.4 is 11.2 Å².